The Kier molecular flexibility index (Phi) is 5.22. The molecular formula is C11H21NO3. The summed E-state index contributed by atoms with van der Waals surface area (Å²) < 4.78 is 0. The Balaban J connectivity index is 2.45. The molecule has 1 rings (SSSR count). The summed E-state index contributed by atoms with van der Waals surface area (Å²) in [6, 6.07) is 0.262. The SMILES string of the molecule is CC(=O)CC1CCCCN1CC(O)CO. The lowest BCUT2D eigenvalue weighted by atomic mass is 9.97. The van der Waals surface area contributed by atoms with Crippen molar-refractivity contribution in [3.05, 3.63) is 0 Å². The highest BCUT2D eigenvalue weighted by molar-refractivity contribution is 5.76. The zero-order valence-corrected chi connectivity index (χ0v) is 9.35. The van der Waals surface area contributed by atoms with Gasteiger partial charge in [0.2, 0.25) is 0 Å². The van der Waals surface area contributed by atoms with E-state index in [1.807, 2.05) is 0 Å². The minimum Gasteiger partial charge on any atom is -0.394 e. The molecule has 88 valence electrons. The number of rotatable bonds is 5. The Morgan fingerprint density at radius 3 is 2.87 bits per heavy atom. The molecule has 0 aromatic heterocycles. The van der Waals surface area contributed by atoms with E-state index in [1.165, 1.54) is 0 Å². The molecule has 1 heterocycles. The second kappa shape index (κ2) is 6.20. The number of Topliss-reactive ketones (excluding diaryl/α,β-unsaturated/α-hetero) is 1. The largest absolute Gasteiger partial charge is 0.394 e. The van der Waals surface area contributed by atoms with Gasteiger partial charge in [0.1, 0.15) is 5.78 Å². The van der Waals surface area contributed by atoms with Crippen LogP contribution in [0, 0.1) is 0 Å². The molecule has 0 amide bonds. The molecule has 2 unspecified atom stereocenters. The Labute approximate surface area is 90.9 Å². The number of aliphatic hydroxyl groups excluding tert-OH is 2. The number of β-amino-alcohol motifs (C(OH)–C–C–N with tert-alkyl or cyclic N) is 1. The second-order valence-electron chi connectivity index (χ2n) is 4.39. The maximum Gasteiger partial charge on any atom is 0.131 e. The second-order valence-corrected chi connectivity index (χ2v) is 4.39. The number of nitrogens with zero attached hydrogens (tertiary/aromatic N) is 1. The van der Waals surface area contributed by atoms with Crippen molar-refractivity contribution in [2.24, 2.45) is 0 Å². The van der Waals surface area contributed by atoms with E-state index in [2.05, 4.69) is 4.90 Å². The van der Waals surface area contributed by atoms with Gasteiger partial charge in [-0.3, -0.25) is 9.69 Å². The van der Waals surface area contributed by atoms with Gasteiger partial charge in [-0.25, -0.2) is 0 Å². The van der Waals surface area contributed by atoms with Crippen LogP contribution in [0.1, 0.15) is 32.6 Å². The third-order valence-electron chi connectivity index (χ3n) is 2.93. The Morgan fingerprint density at radius 2 is 2.27 bits per heavy atom. The van der Waals surface area contributed by atoms with Crippen LogP contribution in [-0.4, -0.2) is 52.7 Å². The molecule has 1 aliphatic rings. The molecule has 0 aromatic rings. The predicted molar refractivity (Wildman–Crippen MR) is 57.6 cm³/mol. The van der Waals surface area contributed by atoms with Gasteiger partial charge in [-0.2, -0.15) is 0 Å². The fourth-order valence-corrected chi connectivity index (χ4v) is 2.19. The monoisotopic (exact) mass is 215 g/mol. The Hall–Kier alpha value is -0.450. The maximum absolute atomic E-state index is 11.1. The van der Waals surface area contributed by atoms with Gasteiger partial charge in [0.15, 0.2) is 0 Å². The van der Waals surface area contributed by atoms with E-state index < -0.39 is 6.10 Å². The van der Waals surface area contributed by atoms with Gasteiger partial charge in [-0.15, -0.1) is 0 Å². The normalized spacial score (nSPS) is 25.1. The molecule has 1 aliphatic heterocycles. The number of aliphatic hydroxyl groups is 2. The lowest BCUT2D eigenvalue weighted by Gasteiger charge is -2.36. The maximum atomic E-state index is 11.1. The fraction of sp³-hybridized carbons (Fsp3) is 0.909. The average molecular weight is 215 g/mol. The van der Waals surface area contributed by atoms with E-state index in [0.29, 0.717) is 13.0 Å². The van der Waals surface area contributed by atoms with E-state index in [1.54, 1.807) is 6.92 Å². The van der Waals surface area contributed by atoms with Gasteiger partial charge < -0.3 is 10.2 Å². The van der Waals surface area contributed by atoms with Crippen molar-refractivity contribution >= 4 is 5.78 Å². The summed E-state index contributed by atoms with van der Waals surface area (Å²) in [5.41, 5.74) is 0. The summed E-state index contributed by atoms with van der Waals surface area (Å²) in [5.74, 6) is 0.199. The van der Waals surface area contributed by atoms with E-state index in [4.69, 9.17) is 5.11 Å². The first kappa shape index (κ1) is 12.6. The molecule has 4 nitrogen and oxygen atoms in total. The summed E-state index contributed by atoms with van der Waals surface area (Å²) >= 11 is 0. The summed E-state index contributed by atoms with van der Waals surface area (Å²) in [6.07, 6.45) is 3.18. The summed E-state index contributed by atoms with van der Waals surface area (Å²) in [4.78, 5) is 13.2. The van der Waals surface area contributed by atoms with Crippen LogP contribution in [0.4, 0.5) is 0 Å². The topological polar surface area (TPSA) is 60.8 Å². The van der Waals surface area contributed by atoms with Gasteiger partial charge in [-0.05, 0) is 26.3 Å². The van der Waals surface area contributed by atoms with Gasteiger partial charge in [-0.1, -0.05) is 6.42 Å². The van der Waals surface area contributed by atoms with Gasteiger partial charge in [0, 0.05) is 19.0 Å². The smallest absolute Gasteiger partial charge is 0.131 e. The van der Waals surface area contributed by atoms with Crippen LogP contribution in [0.3, 0.4) is 0 Å². The Morgan fingerprint density at radius 1 is 1.53 bits per heavy atom. The van der Waals surface area contributed by atoms with Crippen LogP contribution >= 0.6 is 0 Å². The van der Waals surface area contributed by atoms with Crippen LogP contribution < -0.4 is 0 Å². The first-order chi connectivity index (χ1) is 7.13. The van der Waals surface area contributed by atoms with Crippen LogP contribution in [0.5, 0.6) is 0 Å². The highest BCUT2D eigenvalue weighted by Gasteiger charge is 2.24. The van der Waals surface area contributed by atoms with Crippen molar-refractivity contribution in [2.45, 2.75) is 44.8 Å². The molecule has 2 N–H and O–H groups in total. The molecule has 0 aromatic carbocycles. The third kappa shape index (κ3) is 4.28. The highest BCUT2D eigenvalue weighted by atomic mass is 16.3. The number of hydrogen-bond acceptors (Lipinski definition) is 4. The zero-order chi connectivity index (χ0) is 11.3. The zero-order valence-electron chi connectivity index (χ0n) is 9.35. The molecule has 0 radical (unpaired) electrons. The summed E-state index contributed by atoms with van der Waals surface area (Å²) in [7, 11) is 0. The quantitative estimate of drug-likeness (QED) is 0.686. The molecule has 1 fully saturated rings. The molecule has 2 atom stereocenters. The van der Waals surface area contributed by atoms with E-state index in [-0.39, 0.29) is 18.4 Å². The number of hydrogen-bond donors (Lipinski definition) is 2. The average Bonchev–Trinajstić information content (AvgIpc) is 2.20. The van der Waals surface area contributed by atoms with Crippen LogP contribution in [0.2, 0.25) is 0 Å². The van der Waals surface area contributed by atoms with Crippen molar-refractivity contribution in [1.82, 2.24) is 4.90 Å². The highest BCUT2D eigenvalue weighted by Crippen LogP contribution is 2.19. The standard InChI is InChI=1S/C11H21NO3/c1-9(14)6-10-4-2-3-5-12(10)7-11(15)8-13/h10-11,13,15H,2-8H2,1H3. The van der Waals surface area contributed by atoms with E-state index in [9.17, 15) is 9.90 Å². The third-order valence-corrected chi connectivity index (χ3v) is 2.93. The molecule has 4 heteroatoms. The van der Waals surface area contributed by atoms with Crippen molar-refractivity contribution in [3.8, 4) is 0 Å². The molecular weight excluding hydrogens is 194 g/mol. The van der Waals surface area contributed by atoms with Crippen LogP contribution in [0.25, 0.3) is 0 Å². The van der Waals surface area contributed by atoms with Crippen molar-refractivity contribution in [2.75, 3.05) is 19.7 Å². The van der Waals surface area contributed by atoms with E-state index >= 15 is 0 Å². The minimum absolute atomic E-state index is 0.199. The Bertz CT molecular complexity index is 208. The molecule has 15 heavy (non-hydrogen) atoms. The summed E-state index contributed by atoms with van der Waals surface area (Å²) in [5, 5.41) is 18.2. The first-order valence-electron chi connectivity index (χ1n) is 5.66. The van der Waals surface area contributed by atoms with Crippen molar-refractivity contribution in [1.29, 1.82) is 0 Å². The lowest BCUT2D eigenvalue weighted by molar-refractivity contribution is -0.118. The lowest BCUT2D eigenvalue weighted by Crippen LogP contribution is -2.45. The van der Waals surface area contributed by atoms with E-state index in [0.717, 1.165) is 25.8 Å². The predicted octanol–water partition coefficient (Wildman–Crippen LogP) is 0.173. The molecule has 0 aliphatic carbocycles. The van der Waals surface area contributed by atoms with Crippen molar-refractivity contribution in [3.63, 3.8) is 0 Å². The van der Waals surface area contributed by atoms with Crippen LogP contribution in [-0.2, 0) is 4.79 Å². The van der Waals surface area contributed by atoms with Gasteiger partial charge >= 0.3 is 0 Å². The molecule has 0 bridgehead atoms. The number of carbonyl (C=O) groups excluding carboxylic acids is 1. The first-order valence-corrected chi connectivity index (χ1v) is 5.66. The number of likely N-dealkylation sites (tertiary alicyclic amines) is 1. The van der Waals surface area contributed by atoms with Gasteiger partial charge in [0.05, 0.1) is 12.7 Å². The molecule has 1 saturated heterocycles. The van der Waals surface area contributed by atoms with Crippen molar-refractivity contribution < 1.29 is 15.0 Å². The number of ketones is 1. The molecule has 0 saturated carbocycles. The fourth-order valence-electron chi connectivity index (χ4n) is 2.19. The summed E-state index contributed by atoms with van der Waals surface area (Å²) in [6.45, 7) is 2.81. The number of carbonyl (C=O) groups is 1. The van der Waals surface area contributed by atoms with Crippen LogP contribution in [0.15, 0.2) is 0 Å². The number of piperidine rings is 1. The van der Waals surface area contributed by atoms with Gasteiger partial charge in [0.25, 0.3) is 0 Å². The molecule has 0 spiro atoms. The minimum atomic E-state index is -0.683.